The Morgan fingerprint density at radius 2 is 1.55 bits per heavy atom. The maximum absolute atomic E-state index is 13.4. The van der Waals surface area contributed by atoms with E-state index >= 15 is 0 Å². The molecule has 11 nitrogen and oxygen atoms in total. The van der Waals surface area contributed by atoms with Crippen LogP contribution in [0.25, 0.3) is 0 Å². The number of carbonyl (C=O) groups is 5. The van der Waals surface area contributed by atoms with Crippen LogP contribution < -0.4 is 21.3 Å². The standard InChI is InChI=1S/C27H38N4O7/c1-15(2)23-27(38)28-17(4)25(36)30-21(14-18-10-12-19(32)13-11-18)26(37)29-20(16(3)24(35)31-23)8-6-5-7-9-22(33)34/h5-6,10-13,15-17,20-21,23,32H,7-9,14H2,1-4H3,(H,28,38)(H,29,37)(H,30,36)(H,31,35)(H,33,34)/b6-5-/t16-,17+,20+,21+,23+/m0/s1. The molecule has 38 heavy (non-hydrogen) atoms. The SMILES string of the molecule is CC(C)[C@H]1NC(=O)[C@@H](C)[C@@H](C/C=C\CCC(=O)O)NC(=O)[C@@H](Cc2ccc(O)cc2)NC(=O)[C@@H](C)NC1=O. The van der Waals surface area contributed by atoms with Gasteiger partial charge in [-0.1, -0.05) is 45.1 Å². The zero-order chi connectivity index (χ0) is 28.4. The van der Waals surface area contributed by atoms with Crippen LogP contribution in [0.3, 0.4) is 0 Å². The second-order valence-electron chi connectivity index (χ2n) is 9.94. The summed E-state index contributed by atoms with van der Waals surface area (Å²) in [4.78, 5) is 63.3. The number of nitrogens with one attached hydrogen (secondary N) is 4. The minimum atomic E-state index is -1.03. The van der Waals surface area contributed by atoms with Gasteiger partial charge in [0, 0.05) is 18.9 Å². The summed E-state index contributed by atoms with van der Waals surface area (Å²) in [5.74, 6) is -3.93. The molecule has 208 valence electrons. The number of phenols is 1. The molecule has 0 spiro atoms. The second-order valence-corrected chi connectivity index (χ2v) is 9.94. The van der Waals surface area contributed by atoms with Crippen LogP contribution in [0.1, 0.15) is 52.5 Å². The highest BCUT2D eigenvalue weighted by atomic mass is 16.4. The number of amides is 4. The van der Waals surface area contributed by atoms with Crippen LogP contribution in [0.5, 0.6) is 5.75 Å². The predicted octanol–water partition coefficient (Wildman–Crippen LogP) is 1.01. The van der Waals surface area contributed by atoms with E-state index in [2.05, 4.69) is 21.3 Å². The van der Waals surface area contributed by atoms with Crippen molar-refractivity contribution in [1.29, 1.82) is 0 Å². The summed E-state index contributed by atoms with van der Waals surface area (Å²) in [6.07, 6.45) is 3.97. The summed E-state index contributed by atoms with van der Waals surface area (Å²) >= 11 is 0. The molecule has 1 saturated heterocycles. The molecule has 11 heteroatoms. The van der Waals surface area contributed by atoms with Crippen molar-refractivity contribution in [3.05, 3.63) is 42.0 Å². The molecule has 5 atom stereocenters. The summed E-state index contributed by atoms with van der Waals surface area (Å²) in [5.41, 5.74) is 0.681. The van der Waals surface area contributed by atoms with Gasteiger partial charge in [0.1, 0.15) is 23.9 Å². The lowest BCUT2D eigenvalue weighted by atomic mass is 9.94. The first-order chi connectivity index (χ1) is 17.9. The highest BCUT2D eigenvalue weighted by Gasteiger charge is 2.34. The van der Waals surface area contributed by atoms with Gasteiger partial charge < -0.3 is 31.5 Å². The maximum atomic E-state index is 13.4. The van der Waals surface area contributed by atoms with E-state index in [0.717, 1.165) is 0 Å². The van der Waals surface area contributed by atoms with Gasteiger partial charge in [-0.15, -0.1) is 0 Å². The lowest BCUT2D eigenvalue weighted by molar-refractivity contribution is -0.137. The van der Waals surface area contributed by atoms with E-state index in [1.807, 2.05) is 0 Å². The largest absolute Gasteiger partial charge is 0.508 e. The van der Waals surface area contributed by atoms with Gasteiger partial charge in [-0.2, -0.15) is 0 Å². The summed E-state index contributed by atoms with van der Waals surface area (Å²) in [5, 5.41) is 29.4. The van der Waals surface area contributed by atoms with Gasteiger partial charge in [0.2, 0.25) is 23.6 Å². The molecule has 4 amide bonds. The number of hydrogen-bond acceptors (Lipinski definition) is 6. The van der Waals surface area contributed by atoms with Crippen LogP contribution >= 0.6 is 0 Å². The van der Waals surface area contributed by atoms with Gasteiger partial charge in [0.25, 0.3) is 0 Å². The van der Waals surface area contributed by atoms with Crippen molar-refractivity contribution in [1.82, 2.24) is 21.3 Å². The van der Waals surface area contributed by atoms with E-state index in [9.17, 15) is 29.1 Å². The molecule has 1 aromatic carbocycles. The van der Waals surface area contributed by atoms with Crippen LogP contribution in [-0.2, 0) is 30.4 Å². The molecule has 6 N–H and O–H groups in total. The third kappa shape index (κ3) is 9.20. The number of allylic oxidation sites excluding steroid dienone is 1. The van der Waals surface area contributed by atoms with Crippen LogP contribution in [0.15, 0.2) is 36.4 Å². The van der Waals surface area contributed by atoms with E-state index < -0.39 is 59.7 Å². The predicted molar refractivity (Wildman–Crippen MR) is 140 cm³/mol. The van der Waals surface area contributed by atoms with Gasteiger partial charge in [0.15, 0.2) is 0 Å². The molecule has 0 bridgehead atoms. The monoisotopic (exact) mass is 530 g/mol. The summed E-state index contributed by atoms with van der Waals surface area (Å²) in [7, 11) is 0. The van der Waals surface area contributed by atoms with Gasteiger partial charge >= 0.3 is 5.97 Å². The number of rotatable bonds is 8. The smallest absolute Gasteiger partial charge is 0.303 e. The van der Waals surface area contributed by atoms with Crippen molar-refractivity contribution < 1.29 is 34.2 Å². The van der Waals surface area contributed by atoms with E-state index in [-0.39, 0.29) is 30.9 Å². The first kappa shape index (κ1) is 30.3. The summed E-state index contributed by atoms with van der Waals surface area (Å²) in [6.45, 7) is 6.68. The Hall–Kier alpha value is -3.89. The minimum Gasteiger partial charge on any atom is -0.508 e. The quantitative estimate of drug-likeness (QED) is 0.272. The fourth-order valence-electron chi connectivity index (χ4n) is 3.98. The zero-order valence-electron chi connectivity index (χ0n) is 22.2. The molecule has 0 radical (unpaired) electrons. The normalized spacial score (nSPS) is 25.4. The second kappa shape index (κ2) is 14.2. The Labute approximate surface area is 222 Å². The van der Waals surface area contributed by atoms with Crippen LogP contribution in [0, 0.1) is 11.8 Å². The van der Waals surface area contributed by atoms with Crippen LogP contribution in [-0.4, -0.2) is 64.0 Å². The zero-order valence-corrected chi connectivity index (χ0v) is 22.2. The maximum Gasteiger partial charge on any atom is 0.303 e. The molecule has 1 aromatic rings. The number of carboxylic acids is 1. The number of benzene rings is 1. The number of phenolic OH excluding ortho intramolecular Hbond substituents is 1. The number of carboxylic acid groups (broad SMARTS) is 1. The van der Waals surface area contributed by atoms with Crippen LogP contribution in [0.4, 0.5) is 0 Å². The van der Waals surface area contributed by atoms with Crippen molar-refractivity contribution >= 4 is 29.6 Å². The molecule has 1 aliphatic rings. The van der Waals surface area contributed by atoms with Crippen molar-refractivity contribution in [2.45, 2.75) is 77.5 Å². The molecule has 0 saturated carbocycles. The van der Waals surface area contributed by atoms with E-state index in [4.69, 9.17) is 5.11 Å². The molecular weight excluding hydrogens is 492 g/mol. The Morgan fingerprint density at radius 3 is 2.16 bits per heavy atom. The van der Waals surface area contributed by atoms with Crippen molar-refractivity contribution in [2.24, 2.45) is 11.8 Å². The van der Waals surface area contributed by atoms with E-state index in [1.54, 1.807) is 45.1 Å². The highest BCUT2D eigenvalue weighted by molar-refractivity contribution is 5.95. The van der Waals surface area contributed by atoms with Gasteiger partial charge in [0.05, 0.1) is 5.92 Å². The van der Waals surface area contributed by atoms with Crippen molar-refractivity contribution in [2.75, 3.05) is 0 Å². The number of aliphatic carboxylic acids is 1. The molecule has 1 heterocycles. The molecular formula is C27H38N4O7. The average molecular weight is 531 g/mol. The molecule has 0 unspecified atom stereocenters. The first-order valence-electron chi connectivity index (χ1n) is 12.7. The van der Waals surface area contributed by atoms with E-state index in [1.165, 1.54) is 19.1 Å². The Kier molecular flexibility index (Phi) is 11.3. The number of hydrogen-bond donors (Lipinski definition) is 6. The summed E-state index contributed by atoms with van der Waals surface area (Å²) < 4.78 is 0. The fraction of sp³-hybridized carbons (Fsp3) is 0.519. The third-order valence-corrected chi connectivity index (χ3v) is 6.43. The fourth-order valence-corrected chi connectivity index (χ4v) is 3.98. The first-order valence-corrected chi connectivity index (χ1v) is 12.7. The lowest BCUT2D eigenvalue weighted by Gasteiger charge is -2.28. The minimum absolute atomic E-state index is 0.0480. The average Bonchev–Trinajstić information content (AvgIpc) is 2.85. The summed E-state index contributed by atoms with van der Waals surface area (Å²) in [6, 6.07) is 2.62. The molecule has 2 rings (SSSR count). The van der Waals surface area contributed by atoms with Crippen molar-refractivity contribution in [3.63, 3.8) is 0 Å². The highest BCUT2D eigenvalue weighted by Crippen LogP contribution is 2.15. The van der Waals surface area contributed by atoms with E-state index in [0.29, 0.717) is 12.0 Å². The van der Waals surface area contributed by atoms with Crippen molar-refractivity contribution in [3.8, 4) is 5.75 Å². The van der Waals surface area contributed by atoms with Gasteiger partial charge in [-0.05, 0) is 43.4 Å². The Morgan fingerprint density at radius 1 is 0.895 bits per heavy atom. The van der Waals surface area contributed by atoms with Crippen LogP contribution in [0.2, 0.25) is 0 Å². The Bertz CT molecular complexity index is 1040. The van der Waals surface area contributed by atoms with Gasteiger partial charge in [-0.3, -0.25) is 24.0 Å². The van der Waals surface area contributed by atoms with Gasteiger partial charge in [-0.25, -0.2) is 0 Å². The lowest BCUT2D eigenvalue weighted by Crippen LogP contribution is -2.56. The number of carbonyl (C=O) groups excluding carboxylic acids is 4. The molecule has 0 aliphatic carbocycles. The molecule has 1 aliphatic heterocycles. The number of aromatic hydroxyl groups is 1. The third-order valence-electron chi connectivity index (χ3n) is 6.43. The Balaban J connectivity index is 2.39. The topological polar surface area (TPSA) is 174 Å². The molecule has 0 aromatic heterocycles. The molecule has 1 fully saturated rings.